The first-order chi connectivity index (χ1) is 21.1. The molecule has 11 nitrogen and oxygen atoms in total. The summed E-state index contributed by atoms with van der Waals surface area (Å²) in [5.41, 5.74) is 1.10. The van der Waals surface area contributed by atoms with E-state index in [0.29, 0.717) is 17.7 Å². The summed E-state index contributed by atoms with van der Waals surface area (Å²) in [5.74, 6) is -2.32. The van der Waals surface area contributed by atoms with E-state index in [9.17, 15) is 24.9 Å². The maximum atomic E-state index is 12.3. The smallest absolute Gasteiger partial charge is 0.186 e. The molecular weight excluding hydrogens is 632 g/mol. The van der Waals surface area contributed by atoms with E-state index in [-0.39, 0.29) is 57.5 Å². The van der Waals surface area contributed by atoms with Crippen LogP contribution in [0.1, 0.15) is 59.6 Å². The number of rotatable bonds is 5. The quantitative estimate of drug-likeness (QED) is 0.252. The van der Waals surface area contributed by atoms with E-state index in [0.717, 1.165) is 12.2 Å². The number of ether oxygens (including phenoxy) is 5. The second-order valence-electron chi connectivity index (χ2n) is 11.2. The SMILES string of the molecule is CC(=O)/C=C(\[O-])c1ccccc1.CC(=O)/C=C(\[O-])c1ccccc1.CC1(C)OCC(C2OC3OC(C)(C)OC3C2[O-])O1.CC[O-].[Ti]. The van der Waals surface area contributed by atoms with Gasteiger partial charge >= 0.3 is 0 Å². The standard InChI is InChI=1S/C12H19O6.2C10H10O2.C2H5O.Ti/c1-11(2)14-5-6(16-11)8-7(13)9-10(15-8)18-12(3,4)17-9;2*1-8(11)7-10(12)9-5-3-2-4-6-9;1-2-3;/h6-10H,5H2,1-4H3;2*2-7,12H,1H3;2H2,1H3;/q-1;;;-1;/p-2/b;2*10-7-;;. The van der Waals surface area contributed by atoms with Gasteiger partial charge in [-0.25, -0.2) is 0 Å². The van der Waals surface area contributed by atoms with Gasteiger partial charge < -0.3 is 44.1 Å². The van der Waals surface area contributed by atoms with Crippen LogP contribution < -0.4 is 20.4 Å². The van der Waals surface area contributed by atoms with Crippen LogP contribution in [0.4, 0.5) is 0 Å². The number of benzene rings is 2. The number of carbonyl (C=O) groups excluding carboxylic acids is 2. The van der Waals surface area contributed by atoms with Crippen LogP contribution in [0.25, 0.3) is 11.5 Å². The zero-order chi connectivity index (χ0) is 33.8. The molecule has 3 saturated heterocycles. The molecule has 0 radical (unpaired) electrons. The number of allylic oxidation sites excluding steroid dienone is 2. The van der Waals surface area contributed by atoms with Gasteiger partial charge in [-0.05, 0) is 64.8 Å². The minimum Gasteiger partial charge on any atom is -0.872 e. The Morgan fingerprint density at radius 3 is 1.57 bits per heavy atom. The fraction of sp³-hybridized carbons (Fsp3) is 0.471. The first-order valence-electron chi connectivity index (χ1n) is 14.5. The van der Waals surface area contributed by atoms with Gasteiger partial charge in [-0.3, -0.25) is 9.59 Å². The topological polar surface area (TPSA) is 173 Å². The zero-order valence-corrected chi connectivity index (χ0v) is 28.8. The Hall–Kier alpha value is -2.71. The third kappa shape index (κ3) is 13.6. The Balaban J connectivity index is 0.000000337. The minimum atomic E-state index is -1.01. The molecule has 2 aromatic carbocycles. The van der Waals surface area contributed by atoms with Crippen molar-refractivity contribution in [1.82, 2.24) is 0 Å². The molecule has 0 aromatic heterocycles. The van der Waals surface area contributed by atoms with Crippen molar-refractivity contribution in [3.63, 3.8) is 0 Å². The predicted molar refractivity (Wildman–Crippen MR) is 158 cm³/mol. The molecule has 0 saturated carbocycles. The van der Waals surface area contributed by atoms with Crippen LogP contribution in [0.3, 0.4) is 0 Å². The maximum absolute atomic E-state index is 12.3. The molecule has 3 aliphatic heterocycles. The van der Waals surface area contributed by atoms with E-state index in [1.165, 1.54) is 13.8 Å². The summed E-state index contributed by atoms with van der Waals surface area (Å²) in [6.45, 7) is 11.8. The number of ketones is 2. The second kappa shape index (κ2) is 19.2. The summed E-state index contributed by atoms with van der Waals surface area (Å²) < 4.78 is 27.9. The molecule has 12 heteroatoms. The van der Waals surface area contributed by atoms with Crippen molar-refractivity contribution in [3.8, 4) is 0 Å². The summed E-state index contributed by atoms with van der Waals surface area (Å²) >= 11 is 0. The molecule has 0 spiro atoms. The average molecular weight is 675 g/mol. The number of fused-ring (bicyclic) bond motifs is 1. The third-order valence-electron chi connectivity index (χ3n) is 6.21. The van der Waals surface area contributed by atoms with Crippen LogP contribution in [-0.4, -0.2) is 67.1 Å². The van der Waals surface area contributed by atoms with Crippen molar-refractivity contribution in [1.29, 1.82) is 0 Å². The van der Waals surface area contributed by atoms with Gasteiger partial charge in [0.15, 0.2) is 29.4 Å². The molecule has 3 aliphatic rings. The molecule has 5 rings (SSSR count). The van der Waals surface area contributed by atoms with Crippen molar-refractivity contribution in [2.45, 2.75) is 90.7 Å². The molecule has 46 heavy (non-hydrogen) atoms. The van der Waals surface area contributed by atoms with Crippen LogP contribution in [0.15, 0.2) is 72.8 Å². The Bertz CT molecular complexity index is 1210. The Morgan fingerprint density at radius 1 is 0.783 bits per heavy atom. The Morgan fingerprint density at radius 2 is 1.22 bits per heavy atom. The van der Waals surface area contributed by atoms with Crippen molar-refractivity contribution in [3.05, 3.63) is 83.9 Å². The van der Waals surface area contributed by atoms with E-state index >= 15 is 0 Å². The van der Waals surface area contributed by atoms with E-state index in [1.54, 1.807) is 69.3 Å². The van der Waals surface area contributed by atoms with Crippen molar-refractivity contribution >= 4 is 23.1 Å². The van der Waals surface area contributed by atoms with Crippen molar-refractivity contribution in [2.75, 3.05) is 13.2 Å². The van der Waals surface area contributed by atoms with Gasteiger partial charge in [0.1, 0.15) is 12.2 Å². The summed E-state index contributed by atoms with van der Waals surface area (Å²) in [7, 11) is 0. The number of hydrogen-bond donors (Lipinski definition) is 0. The molecular formula is C34H42O11Ti-4. The fourth-order valence-electron chi connectivity index (χ4n) is 4.42. The van der Waals surface area contributed by atoms with Gasteiger partial charge in [-0.2, -0.15) is 0 Å². The molecule has 5 atom stereocenters. The number of hydrogen-bond acceptors (Lipinski definition) is 11. The van der Waals surface area contributed by atoms with Crippen LogP contribution >= 0.6 is 0 Å². The largest absolute Gasteiger partial charge is 0.872 e. The average Bonchev–Trinajstić information content (AvgIpc) is 3.59. The van der Waals surface area contributed by atoms with Gasteiger partial charge in [-0.1, -0.05) is 85.2 Å². The molecule has 0 bridgehead atoms. The minimum absolute atomic E-state index is 0. The molecule has 0 aliphatic carbocycles. The summed E-state index contributed by atoms with van der Waals surface area (Å²) in [4.78, 5) is 21.1. The molecule has 2 aromatic rings. The summed E-state index contributed by atoms with van der Waals surface area (Å²) in [5, 5.41) is 43.6. The first-order valence-corrected chi connectivity index (χ1v) is 14.5. The molecule has 3 heterocycles. The predicted octanol–water partition coefficient (Wildman–Crippen LogP) is 1.06. The molecule has 3 fully saturated rings. The van der Waals surface area contributed by atoms with E-state index in [2.05, 4.69) is 0 Å². The Labute approximate surface area is 285 Å². The summed E-state index contributed by atoms with van der Waals surface area (Å²) in [6, 6.07) is 17.4. The van der Waals surface area contributed by atoms with Crippen LogP contribution in [0.2, 0.25) is 0 Å². The van der Waals surface area contributed by atoms with Crippen molar-refractivity contribution < 1.29 is 75.4 Å². The molecule has 0 amide bonds. The first kappa shape index (κ1) is 41.3. The van der Waals surface area contributed by atoms with Gasteiger partial charge in [0, 0.05) is 21.7 Å². The van der Waals surface area contributed by atoms with E-state index < -0.39 is 36.2 Å². The van der Waals surface area contributed by atoms with Crippen LogP contribution in [0, 0.1) is 0 Å². The molecule has 252 valence electrons. The van der Waals surface area contributed by atoms with E-state index in [1.807, 2.05) is 26.0 Å². The summed E-state index contributed by atoms with van der Waals surface area (Å²) in [6.07, 6.45) is -0.942. The molecule has 5 unspecified atom stereocenters. The molecule has 0 N–H and O–H groups in total. The van der Waals surface area contributed by atoms with Gasteiger partial charge in [0.05, 0.1) is 12.7 Å². The zero-order valence-electron chi connectivity index (χ0n) is 27.2. The van der Waals surface area contributed by atoms with Crippen molar-refractivity contribution in [2.24, 2.45) is 0 Å². The van der Waals surface area contributed by atoms with Gasteiger partial charge in [-0.15, -0.1) is 6.61 Å². The fourth-order valence-corrected chi connectivity index (χ4v) is 4.42. The Kier molecular flexibility index (Phi) is 17.2. The van der Waals surface area contributed by atoms with Crippen LogP contribution in [-0.2, 0) is 55.0 Å². The van der Waals surface area contributed by atoms with Gasteiger partial charge in [0.25, 0.3) is 0 Å². The van der Waals surface area contributed by atoms with Gasteiger partial charge in [0.2, 0.25) is 0 Å². The monoisotopic (exact) mass is 674 g/mol. The van der Waals surface area contributed by atoms with Crippen LogP contribution in [0.5, 0.6) is 0 Å². The second-order valence-corrected chi connectivity index (χ2v) is 11.2. The van der Waals surface area contributed by atoms with E-state index in [4.69, 9.17) is 28.8 Å². The normalized spacial score (nSPS) is 25.6. The maximum Gasteiger partial charge on any atom is 0.186 e. The third-order valence-corrected chi connectivity index (χ3v) is 6.21. The number of carbonyl (C=O) groups is 2.